The summed E-state index contributed by atoms with van der Waals surface area (Å²) in [5.41, 5.74) is 4.39. The van der Waals surface area contributed by atoms with Gasteiger partial charge in [-0.2, -0.15) is 0 Å². The maximum atomic E-state index is 13.3. The number of anilines is 1. The smallest absolute Gasteiger partial charge is 0.309 e. The summed E-state index contributed by atoms with van der Waals surface area (Å²) in [6.45, 7) is 8.48. The van der Waals surface area contributed by atoms with Gasteiger partial charge < -0.3 is 19.7 Å². The molecule has 2 fully saturated rings. The fourth-order valence-electron chi connectivity index (χ4n) is 5.45. The zero-order chi connectivity index (χ0) is 26.4. The van der Waals surface area contributed by atoms with E-state index in [0.717, 1.165) is 68.9 Å². The number of hydrogen-bond acceptors (Lipinski definition) is 6. The lowest BCUT2D eigenvalue weighted by Crippen LogP contribution is -2.48. The number of piperazine rings is 1. The lowest BCUT2D eigenvalue weighted by atomic mass is 9.86. The maximum absolute atomic E-state index is 13.3. The minimum Gasteiger partial charge on any atom is -0.490 e. The van der Waals surface area contributed by atoms with Crippen LogP contribution in [-0.4, -0.2) is 62.7 Å². The van der Waals surface area contributed by atoms with Crippen molar-refractivity contribution < 1.29 is 19.1 Å². The first-order valence-corrected chi connectivity index (χ1v) is 13.5. The number of methoxy groups -OCH3 is 1. The lowest BCUT2D eigenvalue weighted by molar-refractivity contribution is -0.139. The van der Waals surface area contributed by atoms with Crippen LogP contribution >= 0.6 is 0 Å². The van der Waals surface area contributed by atoms with E-state index in [2.05, 4.69) is 42.3 Å². The highest BCUT2D eigenvalue weighted by molar-refractivity contribution is 5.94. The maximum Gasteiger partial charge on any atom is 0.309 e. The fourth-order valence-corrected chi connectivity index (χ4v) is 5.45. The second kappa shape index (κ2) is 12.6. The van der Waals surface area contributed by atoms with Crippen molar-refractivity contribution in [3.8, 4) is 5.75 Å². The Labute approximate surface area is 221 Å². The number of aryl methyl sites for hydroxylation is 1. The van der Waals surface area contributed by atoms with E-state index >= 15 is 0 Å². The third-order valence-corrected chi connectivity index (χ3v) is 7.69. The number of hydrogen-bond donors (Lipinski definition) is 1. The summed E-state index contributed by atoms with van der Waals surface area (Å²) < 4.78 is 11.0. The van der Waals surface area contributed by atoms with Crippen molar-refractivity contribution in [2.45, 2.75) is 64.6 Å². The zero-order valence-corrected chi connectivity index (χ0v) is 22.7. The van der Waals surface area contributed by atoms with Crippen LogP contribution in [0.5, 0.6) is 5.75 Å². The molecule has 1 amide bonds. The molecule has 37 heavy (non-hydrogen) atoms. The molecule has 1 aliphatic carbocycles. The van der Waals surface area contributed by atoms with Crippen LogP contribution < -0.4 is 15.0 Å². The zero-order valence-electron chi connectivity index (χ0n) is 22.7. The van der Waals surface area contributed by atoms with Gasteiger partial charge in [0.1, 0.15) is 5.75 Å². The highest BCUT2D eigenvalue weighted by atomic mass is 16.5. The van der Waals surface area contributed by atoms with E-state index in [1.54, 1.807) is 0 Å². The summed E-state index contributed by atoms with van der Waals surface area (Å²) in [6, 6.07) is 14.5. The van der Waals surface area contributed by atoms with Gasteiger partial charge in [0.25, 0.3) is 0 Å². The van der Waals surface area contributed by atoms with Gasteiger partial charge in [0.2, 0.25) is 5.91 Å². The molecule has 0 bridgehead atoms. The van der Waals surface area contributed by atoms with E-state index < -0.39 is 0 Å². The monoisotopic (exact) mass is 507 g/mol. The van der Waals surface area contributed by atoms with Gasteiger partial charge in [-0.15, -0.1) is 0 Å². The molecule has 1 saturated carbocycles. The quantitative estimate of drug-likeness (QED) is 0.543. The first-order valence-electron chi connectivity index (χ1n) is 13.5. The molecule has 0 radical (unpaired) electrons. The molecule has 200 valence electrons. The Morgan fingerprint density at radius 2 is 1.89 bits per heavy atom. The molecule has 7 heteroatoms. The Morgan fingerprint density at radius 3 is 2.59 bits per heavy atom. The van der Waals surface area contributed by atoms with Gasteiger partial charge in [-0.25, -0.2) is 0 Å². The molecule has 2 aromatic rings. The Morgan fingerprint density at radius 1 is 1.11 bits per heavy atom. The summed E-state index contributed by atoms with van der Waals surface area (Å²) >= 11 is 0. The number of esters is 1. The second-order valence-corrected chi connectivity index (χ2v) is 10.6. The standard InChI is InChI=1S/C30H41N3O4/c1-21-16-26(11-8-25(21)20-33-15-14-31-22(2)19-33)32(3)30(35)24-9-12-27(13-10-24)37-28-7-5-6-23(17-28)18-29(34)36-4/h5-8,11,16-17,22,24,27,31H,9-10,12-15,18-20H2,1-4H3/t22-,24-,27-/m0/s1. The van der Waals surface area contributed by atoms with E-state index in [0.29, 0.717) is 6.04 Å². The largest absolute Gasteiger partial charge is 0.490 e. The first-order chi connectivity index (χ1) is 17.8. The van der Waals surface area contributed by atoms with E-state index in [4.69, 9.17) is 9.47 Å². The fraction of sp³-hybridized carbons (Fsp3) is 0.533. The van der Waals surface area contributed by atoms with Gasteiger partial charge in [0.15, 0.2) is 0 Å². The lowest BCUT2D eigenvalue weighted by Gasteiger charge is -2.32. The first kappa shape index (κ1) is 27.1. The molecule has 2 aromatic carbocycles. The van der Waals surface area contributed by atoms with Crippen molar-refractivity contribution in [1.29, 1.82) is 0 Å². The Bertz CT molecular complexity index is 1080. The summed E-state index contributed by atoms with van der Waals surface area (Å²) in [6.07, 6.45) is 3.62. The minimum atomic E-state index is -0.265. The molecular weight excluding hydrogens is 466 g/mol. The van der Waals surface area contributed by atoms with Crippen LogP contribution in [0, 0.1) is 12.8 Å². The van der Waals surface area contributed by atoms with Gasteiger partial charge >= 0.3 is 5.97 Å². The second-order valence-electron chi connectivity index (χ2n) is 10.6. The molecule has 2 aliphatic rings. The number of ether oxygens (including phenoxy) is 2. The number of carbonyl (C=O) groups is 2. The number of amides is 1. The number of carbonyl (C=O) groups excluding carboxylic acids is 2. The topological polar surface area (TPSA) is 71.1 Å². The van der Waals surface area contributed by atoms with Crippen molar-refractivity contribution >= 4 is 17.6 Å². The highest BCUT2D eigenvalue weighted by Gasteiger charge is 2.30. The summed E-state index contributed by atoms with van der Waals surface area (Å²) in [5.74, 6) is 0.692. The third kappa shape index (κ3) is 7.33. The predicted octanol–water partition coefficient (Wildman–Crippen LogP) is 4.10. The molecule has 1 atom stereocenters. The van der Waals surface area contributed by atoms with Crippen LogP contribution in [0.1, 0.15) is 49.3 Å². The molecule has 1 aliphatic heterocycles. The molecule has 1 saturated heterocycles. The van der Waals surface area contributed by atoms with E-state index in [1.807, 2.05) is 36.2 Å². The van der Waals surface area contributed by atoms with E-state index in [1.165, 1.54) is 18.2 Å². The molecule has 1 N–H and O–H groups in total. The van der Waals surface area contributed by atoms with Crippen molar-refractivity contribution in [3.05, 3.63) is 59.2 Å². The SMILES string of the molecule is COC(=O)Cc1cccc(O[C@H]2CC[C@H](C(=O)N(C)c3ccc(CN4CCN[C@@H](C)C4)c(C)c3)CC2)c1. The number of nitrogens with one attached hydrogen (secondary N) is 1. The van der Waals surface area contributed by atoms with Crippen LogP contribution in [0.25, 0.3) is 0 Å². The number of rotatable bonds is 8. The van der Waals surface area contributed by atoms with E-state index in [-0.39, 0.29) is 30.3 Å². The average Bonchev–Trinajstić information content (AvgIpc) is 2.89. The van der Waals surface area contributed by atoms with Gasteiger partial charge in [-0.05, 0) is 80.5 Å². The van der Waals surface area contributed by atoms with Crippen molar-refractivity contribution in [2.24, 2.45) is 5.92 Å². The van der Waals surface area contributed by atoms with Gasteiger partial charge in [0.05, 0.1) is 19.6 Å². The van der Waals surface area contributed by atoms with Crippen LogP contribution in [0.4, 0.5) is 5.69 Å². The summed E-state index contributed by atoms with van der Waals surface area (Å²) in [5, 5.41) is 3.50. The van der Waals surface area contributed by atoms with Gasteiger partial charge in [-0.3, -0.25) is 14.5 Å². The van der Waals surface area contributed by atoms with Gasteiger partial charge in [0, 0.05) is 50.9 Å². The summed E-state index contributed by atoms with van der Waals surface area (Å²) in [4.78, 5) is 29.2. The third-order valence-electron chi connectivity index (χ3n) is 7.69. The van der Waals surface area contributed by atoms with Crippen LogP contribution in [0.2, 0.25) is 0 Å². The van der Waals surface area contributed by atoms with Gasteiger partial charge in [-0.1, -0.05) is 18.2 Å². The van der Waals surface area contributed by atoms with Crippen molar-refractivity contribution in [2.75, 3.05) is 38.7 Å². The number of benzene rings is 2. The van der Waals surface area contributed by atoms with Crippen molar-refractivity contribution in [1.82, 2.24) is 10.2 Å². The Hall–Kier alpha value is -2.90. The molecule has 0 spiro atoms. The molecule has 0 aromatic heterocycles. The summed E-state index contributed by atoms with van der Waals surface area (Å²) in [7, 11) is 3.29. The Kier molecular flexibility index (Phi) is 9.22. The predicted molar refractivity (Wildman–Crippen MR) is 146 cm³/mol. The van der Waals surface area contributed by atoms with Crippen molar-refractivity contribution in [3.63, 3.8) is 0 Å². The number of nitrogens with zero attached hydrogens (tertiary/aromatic N) is 2. The highest BCUT2D eigenvalue weighted by Crippen LogP contribution is 2.31. The molecule has 7 nitrogen and oxygen atoms in total. The molecule has 4 rings (SSSR count). The molecule has 0 unspecified atom stereocenters. The molecular formula is C30H41N3O4. The van der Waals surface area contributed by atoms with Crippen LogP contribution in [0.3, 0.4) is 0 Å². The normalized spacial score (nSPS) is 22.3. The molecule has 1 heterocycles. The average molecular weight is 508 g/mol. The Balaban J connectivity index is 1.28. The van der Waals surface area contributed by atoms with E-state index in [9.17, 15) is 9.59 Å². The van der Waals surface area contributed by atoms with Crippen LogP contribution in [0.15, 0.2) is 42.5 Å². The minimum absolute atomic E-state index is 0.0119. The van der Waals surface area contributed by atoms with Crippen LogP contribution in [-0.2, 0) is 27.3 Å².